The zero-order valence-corrected chi connectivity index (χ0v) is 27.1. The van der Waals surface area contributed by atoms with Gasteiger partial charge in [-0.1, -0.05) is 98.1 Å². The Labute approximate surface area is 271 Å². The molecular weight excluding hydrogens is 572 g/mol. The fraction of sp³-hybridized carbons (Fsp3) is 0.308. The van der Waals surface area contributed by atoms with Crippen LogP contribution in [0.1, 0.15) is 54.9 Å². The third-order valence-electron chi connectivity index (χ3n) is 9.77. The molecule has 7 heteroatoms. The largest absolute Gasteiger partial charge is 0.350 e. The van der Waals surface area contributed by atoms with E-state index in [9.17, 15) is 9.59 Å². The van der Waals surface area contributed by atoms with E-state index < -0.39 is 11.6 Å². The Balaban J connectivity index is 1.42. The quantitative estimate of drug-likeness (QED) is 0.186. The Morgan fingerprint density at radius 3 is 2.20 bits per heavy atom. The van der Waals surface area contributed by atoms with Crippen LogP contribution in [-0.2, 0) is 23.2 Å². The molecule has 4 aromatic carbocycles. The van der Waals surface area contributed by atoms with Crippen LogP contribution in [0.4, 0.5) is 5.69 Å². The summed E-state index contributed by atoms with van der Waals surface area (Å²) in [7, 11) is 5.47. The molecule has 46 heavy (non-hydrogen) atoms. The molecule has 1 aliphatic carbocycles. The lowest BCUT2D eigenvalue weighted by molar-refractivity contribution is -0.137. The number of anilines is 1. The molecular formula is C39H42N4O3. The van der Waals surface area contributed by atoms with Gasteiger partial charge < -0.3 is 14.4 Å². The first kappa shape index (κ1) is 31.1. The van der Waals surface area contributed by atoms with E-state index in [0.29, 0.717) is 30.6 Å². The molecule has 5 aromatic rings. The minimum atomic E-state index is -1.11. The van der Waals surface area contributed by atoms with Gasteiger partial charge in [-0.2, -0.15) is 0 Å². The summed E-state index contributed by atoms with van der Waals surface area (Å²) in [6.45, 7) is 2.23. The number of rotatable bonds is 8. The van der Waals surface area contributed by atoms with Gasteiger partial charge in [0.15, 0.2) is 0 Å². The summed E-state index contributed by atoms with van der Waals surface area (Å²) >= 11 is 0. The van der Waals surface area contributed by atoms with E-state index in [1.165, 1.54) is 0 Å². The van der Waals surface area contributed by atoms with Crippen LogP contribution in [0.5, 0.6) is 0 Å². The number of likely N-dealkylation sites (N-methyl/N-ethyl adjacent to an activating group) is 2. The zero-order chi connectivity index (χ0) is 32.4. The molecule has 0 unspecified atom stereocenters. The summed E-state index contributed by atoms with van der Waals surface area (Å²) in [4.78, 5) is 48.8. The van der Waals surface area contributed by atoms with Gasteiger partial charge in [-0.3, -0.25) is 19.3 Å². The van der Waals surface area contributed by atoms with Crippen molar-refractivity contribution >= 4 is 45.1 Å². The molecule has 0 spiro atoms. The number of aromatic nitrogens is 1. The van der Waals surface area contributed by atoms with E-state index in [-0.39, 0.29) is 17.7 Å². The monoisotopic (exact) mass is 614 g/mol. The van der Waals surface area contributed by atoms with E-state index in [0.717, 1.165) is 46.5 Å². The van der Waals surface area contributed by atoms with Crippen molar-refractivity contribution in [1.82, 2.24) is 14.4 Å². The molecule has 1 fully saturated rings. The summed E-state index contributed by atoms with van der Waals surface area (Å²) in [6, 6.07) is 30.8. The maximum atomic E-state index is 15.3. The van der Waals surface area contributed by atoms with Gasteiger partial charge in [-0.05, 0) is 54.3 Å². The zero-order valence-electron chi connectivity index (χ0n) is 27.1. The number of para-hydroxylation sites is 1. The summed E-state index contributed by atoms with van der Waals surface area (Å²) in [5.74, 6) is -0.572. The van der Waals surface area contributed by atoms with Crippen LogP contribution in [0.3, 0.4) is 0 Å². The van der Waals surface area contributed by atoms with E-state index in [1.807, 2.05) is 115 Å². The van der Waals surface area contributed by atoms with Crippen molar-refractivity contribution in [1.29, 1.82) is 0 Å². The SMILES string of the molecule is C[C@@H](C(=O)N(C)Cc1ccccc1)N(C(=O)C1(N(C)C(=O)c2cn(C)c3ccccc23)CCCCC1)c1ccc2ccccc2c1. The van der Waals surface area contributed by atoms with Crippen molar-refractivity contribution in [3.8, 4) is 0 Å². The summed E-state index contributed by atoms with van der Waals surface area (Å²) in [6.07, 6.45) is 5.56. The minimum Gasteiger partial charge on any atom is -0.350 e. The third kappa shape index (κ3) is 5.66. The van der Waals surface area contributed by atoms with E-state index in [2.05, 4.69) is 0 Å². The first-order chi connectivity index (χ1) is 22.2. The maximum absolute atomic E-state index is 15.3. The van der Waals surface area contributed by atoms with Gasteiger partial charge in [0, 0.05) is 50.5 Å². The Kier molecular flexibility index (Phi) is 8.67. The van der Waals surface area contributed by atoms with Crippen LogP contribution in [-0.4, -0.2) is 57.8 Å². The molecule has 1 saturated carbocycles. The van der Waals surface area contributed by atoms with Crippen molar-refractivity contribution in [2.24, 2.45) is 7.05 Å². The number of nitrogens with zero attached hydrogens (tertiary/aromatic N) is 4. The van der Waals surface area contributed by atoms with Crippen LogP contribution in [0.15, 0.2) is 103 Å². The lowest BCUT2D eigenvalue weighted by Crippen LogP contribution is -2.64. The molecule has 0 aliphatic heterocycles. The maximum Gasteiger partial charge on any atom is 0.256 e. The highest BCUT2D eigenvalue weighted by Gasteiger charge is 2.50. The summed E-state index contributed by atoms with van der Waals surface area (Å²) in [5.41, 5.74) is 2.08. The smallest absolute Gasteiger partial charge is 0.256 e. The van der Waals surface area contributed by atoms with Crippen LogP contribution in [0, 0.1) is 0 Å². The summed E-state index contributed by atoms with van der Waals surface area (Å²) in [5, 5.41) is 2.89. The summed E-state index contributed by atoms with van der Waals surface area (Å²) < 4.78 is 1.95. The first-order valence-corrected chi connectivity index (χ1v) is 16.1. The van der Waals surface area contributed by atoms with Crippen LogP contribution < -0.4 is 4.90 Å². The van der Waals surface area contributed by atoms with E-state index in [4.69, 9.17) is 0 Å². The molecule has 6 rings (SSSR count). The van der Waals surface area contributed by atoms with Crippen LogP contribution in [0.25, 0.3) is 21.7 Å². The molecule has 0 bridgehead atoms. The Hall–Kier alpha value is -4.91. The van der Waals surface area contributed by atoms with Crippen molar-refractivity contribution in [3.05, 3.63) is 114 Å². The predicted octanol–water partition coefficient (Wildman–Crippen LogP) is 7.19. The van der Waals surface area contributed by atoms with Gasteiger partial charge in [0.2, 0.25) is 5.91 Å². The second-order valence-corrected chi connectivity index (χ2v) is 12.7. The molecule has 0 saturated heterocycles. The topological polar surface area (TPSA) is 65.9 Å². The van der Waals surface area contributed by atoms with Crippen LogP contribution >= 0.6 is 0 Å². The van der Waals surface area contributed by atoms with Crippen molar-refractivity contribution < 1.29 is 14.4 Å². The van der Waals surface area contributed by atoms with Gasteiger partial charge in [-0.25, -0.2) is 0 Å². The third-order valence-corrected chi connectivity index (χ3v) is 9.77. The molecule has 1 heterocycles. The lowest BCUT2D eigenvalue weighted by Gasteiger charge is -2.47. The van der Waals surface area contributed by atoms with Crippen molar-refractivity contribution in [3.63, 3.8) is 0 Å². The van der Waals surface area contributed by atoms with Gasteiger partial charge in [0.25, 0.3) is 11.8 Å². The van der Waals surface area contributed by atoms with Gasteiger partial charge in [0.1, 0.15) is 11.6 Å². The van der Waals surface area contributed by atoms with E-state index >= 15 is 4.79 Å². The molecule has 7 nitrogen and oxygen atoms in total. The molecule has 0 radical (unpaired) electrons. The Bertz CT molecular complexity index is 1890. The Morgan fingerprint density at radius 1 is 0.804 bits per heavy atom. The molecule has 3 amide bonds. The van der Waals surface area contributed by atoms with Gasteiger partial charge in [-0.15, -0.1) is 0 Å². The number of aryl methyl sites for hydroxylation is 1. The number of carbonyl (C=O) groups excluding carboxylic acids is 3. The standard InChI is InChI=1S/C39H42N4O3/c1-28(36(44)41(3)26-29-15-7-5-8-16-29)43(32-22-21-30-17-9-10-18-31(30)25-32)38(46)39(23-13-6-14-24-39)42(4)37(45)34-27-40(2)35-20-12-11-19-33(34)35/h5,7-12,15-22,25,27-28H,6,13-14,23-24,26H2,1-4H3/t28-/m0/s1. The first-order valence-electron chi connectivity index (χ1n) is 16.1. The lowest BCUT2D eigenvalue weighted by atomic mass is 9.78. The highest BCUT2D eigenvalue weighted by molar-refractivity contribution is 6.12. The Morgan fingerprint density at radius 2 is 1.46 bits per heavy atom. The molecule has 0 N–H and O–H groups in total. The number of amides is 3. The molecule has 1 aliphatic rings. The number of benzene rings is 4. The molecule has 236 valence electrons. The highest BCUT2D eigenvalue weighted by atomic mass is 16.2. The van der Waals surface area contributed by atoms with Crippen molar-refractivity contribution in [2.75, 3.05) is 19.0 Å². The average molecular weight is 615 g/mol. The van der Waals surface area contributed by atoms with Crippen LogP contribution in [0.2, 0.25) is 0 Å². The number of hydrogen-bond donors (Lipinski definition) is 0. The number of fused-ring (bicyclic) bond motifs is 2. The molecule has 1 aromatic heterocycles. The second kappa shape index (κ2) is 12.8. The normalized spacial score (nSPS) is 15.0. The fourth-order valence-electron chi connectivity index (χ4n) is 7.15. The molecule has 1 atom stereocenters. The van der Waals surface area contributed by atoms with Crippen molar-refractivity contribution in [2.45, 2.75) is 57.2 Å². The number of hydrogen-bond acceptors (Lipinski definition) is 3. The van der Waals surface area contributed by atoms with E-state index in [1.54, 1.807) is 35.7 Å². The second-order valence-electron chi connectivity index (χ2n) is 12.7. The highest BCUT2D eigenvalue weighted by Crippen LogP contribution is 2.39. The van der Waals surface area contributed by atoms with Gasteiger partial charge in [0.05, 0.1) is 5.56 Å². The average Bonchev–Trinajstić information content (AvgIpc) is 3.44. The predicted molar refractivity (Wildman–Crippen MR) is 185 cm³/mol. The minimum absolute atomic E-state index is 0.167. The van der Waals surface area contributed by atoms with Gasteiger partial charge >= 0.3 is 0 Å². The number of carbonyl (C=O) groups is 3. The fourth-order valence-corrected chi connectivity index (χ4v) is 7.15.